The van der Waals surface area contributed by atoms with Crippen molar-refractivity contribution in [2.75, 3.05) is 19.0 Å². The molecular formula is C10H18O6S. The topological polar surface area (TPSA) is 104 Å². The van der Waals surface area contributed by atoms with Crippen LogP contribution in [0.25, 0.3) is 0 Å². The molecule has 0 amide bonds. The van der Waals surface area contributed by atoms with E-state index in [-0.39, 0.29) is 5.75 Å². The zero-order valence-electron chi connectivity index (χ0n) is 9.72. The second kappa shape index (κ2) is 8.32. The Morgan fingerprint density at radius 3 is 2.41 bits per heavy atom. The molecule has 17 heavy (non-hydrogen) atoms. The van der Waals surface area contributed by atoms with Gasteiger partial charge in [0, 0.05) is 12.4 Å². The van der Waals surface area contributed by atoms with Crippen LogP contribution in [0.15, 0.2) is 0 Å². The van der Waals surface area contributed by atoms with E-state index in [1.165, 1.54) is 0 Å². The minimum Gasteiger partial charge on any atom is -0.481 e. The summed E-state index contributed by atoms with van der Waals surface area (Å²) in [6, 6.07) is 0. The van der Waals surface area contributed by atoms with Gasteiger partial charge in [0.25, 0.3) is 0 Å². The predicted molar refractivity (Wildman–Crippen MR) is 63.0 cm³/mol. The number of aliphatic carboxylic acids is 2. The molecular weight excluding hydrogens is 248 g/mol. The summed E-state index contributed by atoms with van der Waals surface area (Å²) in [4.78, 5) is 18.9. The van der Waals surface area contributed by atoms with Crippen LogP contribution in [0, 0.1) is 0 Å². The number of rotatable bonds is 10. The van der Waals surface area contributed by atoms with Crippen molar-refractivity contribution in [3.63, 3.8) is 0 Å². The van der Waals surface area contributed by atoms with Crippen molar-refractivity contribution in [1.29, 1.82) is 0 Å². The molecule has 1 atom stereocenters. The van der Waals surface area contributed by atoms with Gasteiger partial charge in [0.2, 0.25) is 4.93 Å². The van der Waals surface area contributed by atoms with Gasteiger partial charge >= 0.3 is 11.9 Å². The van der Waals surface area contributed by atoms with Gasteiger partial charge in [0.15, 0.2) is 0 Å². The molecule has 0 fully saturated rings. The van der Waals surface area contributed by atoms with E-state index in [0.717, 1.165) is 12.8 Å². The van der Waals surface area contributed by atoms with Crippen molar-refractivity contribution in [3.8, 4) is 0 Å². The standard InChI is InChI=1S/C10H18O6S/c1-2-3-4-16-5-6-17-10(15,9(13)14)7-8(11)12/h15H,2-7H2,1H3,(H,11,12)(H,13,14). The first kappa shape index (κ1) is 16.2. The Bertz CT molecular complexity index is 257. The van der Waals surface area contributed by atoms with Crippen LogP contribution in [0.5, 0.6) is 0 Å². The quantitative estimate of drug-likeness (QED) is 0.396. The van der Waals surface area contributed by atoms with Crippen LogP contribution in [-0.2, 0) is 14.3 Å². The van der Waals surface area contributed by atoms with Crippen LogP contribution >= 0.6 is 11.8 Å². The van der Waals surface area contributed by atoms with Crippen LogP contribution in [0.3, 0.4) is 0 Å². The first-order valence-corrected chi connectivity index (χ1v) is 6.30. The molecule has 6 nitrogen and oxygen atoms in total. The van der Waals surface area contributed by atoms with Gasteiger partial charge in [-0.3, -0.25) is 4.79 Å². The minimum atomic E-state index is -2.28. The second-order valence-corrected chi connectivity index (χ2v) is 4.85. The molecule has 0 rings (SSSR count). The summed E-state index contributed by atoms with van der Waals surface area (Å²) in [7, 11) is 0. The average molecular weight is 266 g/mol. The fourth-order valence-electron chi connectivity index (χ4n) is 1.01. The van der Waals surface area contributed by atoms with E-state index >= 15 is 0 Å². The summed E-state index contributed by atoms with van der Waals surface area (Å²) in [5.41, 5.74) is 0. The number of aliphatic hydroxyl groups is 1. The summed E-state index contributed by atoms with van der Waals surface area (Å²) in [5, 5.41) is 26.8. The Kier molecular flexibility index (Phi) is 7.94. The van der Waals surface area contributed by atoms with E-state index in [4.69, 9.17) is 14.9 Å². The molecule has 100 valence electrons. The fraction of sp³-hybridized carbons (Fsp3) is 0.800. The lowest BCUT2D eigenvalue weighted by Gasteiger charge is -2.20. The molecule has 1 unspecified atom stereocenters. The molecule has 0 saturated heterocycles. The highest BCUT2D eigenvalue weighted by atomic mass is 32.2. The third-order valence-corrected chi connectivity index (χ3v) is 3.10. The minimum absolute atomic E-state index is 0.236. The number of hydrogen-bond acceptors (Lipinski definition) is 5. The zero-order chi connectivity index (χ0) is 13.3. The van der Waals surface area contributed by atoms with Crippen LogP contribution in [0.2, 0.25) is 0 Å². The zero-order valence-corrected chi connectivity index (χ0v) is 10.5. The Hall–Kier alpha value is -0.790. The van der Waals surface area contributed by atoms with Crippen LogP contribution < -0.4 is 0 Å². The number of carboxylic acids is 2. The van der Waals surface area contributed by atoms with E-state index in [0.29, 0.717) is 25.0 Å². The maximum Gasteiger partial charge on any atom is 0.347 e. The number of carboxylic acid groups (broad SMARTS) is 2. The van der Waals surface area contributed by atoms with E-state index in [1.54, 1.807) is 0 Å². The number of thioether (sulfide) groups is 1. The monoisotopic (exact) mass is 266 g/mol. The third kappa shape index (κ3) is 7.19. The Morgan fingerprint density at radius 2 is 1.94 bits per heavy atom. The molecule has 0 aromatic rings. The highest BCUT2D eigenvalue weighted by Gasteiger charge is 2.39. The van der Waals surface area contributed by atoms with Gasteiger partial charge < -0.3 is 20.1 Å². The first-order valence-electron chi connectivity index (χ1n) is 5.31. The lowest BCUT2D eigenvalue weighted by Crippen LogP contribution is -2.38. The SMILES string of the molecule is CCCCOCCSC(O)(CC(=O)O)C(=O)O. The summed E-state index contributed by atoms with van der Waals surface area (Å²) < 4.78 is 5.18. The molecule has 0 aliphatic rings. The third-order valence-electron chi connectivity index (χ3n) is 1.94. The van der Waals surface area contributed by atoms with Gasteiger partial charge in [-0.1, -0.05) is 13.3 Å². The normalized spacial score (nSPS) is 14.2. The Balaban J connectivity index is 3.93. The van der Waals surface area contributed by atoms with Gasteiger partial charge in [-0.05, 0) is 6.42 Å². The maximum absolute atomic E-state index is 10.7. The molecule has 0 aliphatic heterocycles. The second-order valence-electron chi connectivity index (χ2n) is 3.47. The molecule has 0 saturated carbocycles. The maximum atomic E-state index is 10.7. The summed E-state index contributed by atoms with van der Waals surface area (Å²) in [5.74, 6) is -2.66. The molecule has 0 aromatic carbocycles. The largest absolute Gasteiger partial charge is 0.481 e. The van der Waals surface area contributed by atoms with Crippen LogP contribution in [0.4, 0.5) is 0 Å². The molecule has 7 heteroatoms. The number of carbonyl (C=O) groups is 2. The summed E-state index contributed by atoms with van der Waals surface area (Å²) in [6.45, 7) is 2.90. The van der Waals surface area contributed by atoms with Gasteiger partial charge in [-0.25, -0.2) is 4.79 Å². The van der Waals surface area contributed by atoms with Crippen LogP contribution in [0.1, 0.15) is 26.2 Å². The number of unbranched alkanes of at least 4 members (excludes halogenated alkanes) is 1. The van der Waals surface area contributed by atoms with Gasteiger partial charge in [-0.2, -0.15) is 0 Å². The smallest absolute Gasteiger partial charge is 0.347 e. The van der Waals surface area contributed by atoms with E-state index in [2.05, 4.69) is 0 Å². The van der Waals surface area contributed by atoms with Crippen molar-refractivity contribution in [2.24, 2.45) is 0 Å². The van der Waals surface area contributed by atoms with E-state index < -0.39 is 23.3 Å². The molecule has 0 radical (unpaired) electrons. The fourth-order valence-corrected chi connectivity index (χ4v) is 1.90. The van der Waals surface area contributed by atoms with E-state index in [9.17, 15) is 14.7 Å². The van der Waals surface area contributed by atoms with Crippen molar-refractivity contribution >= 4 is 23.7 Å². The van der Waals surface area contributed by atoms with Crippen molar-refractivity contribution in [2.45, 2.75) is 31.1 Å². The Morgan fingerprint density at radius 1 is 1.29 bits per heavy atom. The highest BCUT2D eigenvalue weighted by molar-refractivity contribution is 8.01. The lowest BCUT2D eigenvalue weighted by molar-refractivity contribution is -0.155. The Labute approximate surface area is 104 Å². The average Bonchev–Trinajstić information content (AvgIpc) is 2.22. The first-order chi connectivity index (χ1) is 7.92. The summed E-state index contributed by atoms with van der Waals surface area (Å²) >= 11 is 0.669. The van der Waals surface area contributed by atoms with Crippen molar-refractivity contribution < 1.29 is 29.6 Å². The molecule has 0 aliphatic carbocycles. The van der Waals surface area contributed by atoms with Gasteiger partial charge in [0.1, 0.15) is 0 Å². The predicted octanol–water partition coefficient (Wildman–Crippen LogP) is 0.784. The summed E-state index contributed by atoms with van der Waals surface area (Å²) in [6.07, 6.45) is 1.09. The van der Waals surface area contributed by atoms with Gasteiger partial charge in [0.05, 0.1) is 13.0 Å². The van der Waals surface area contributed by atoms with Crippen molar-refractivity contribution in [3.05, 3.63) is 0 Å². The molecule has 0 bridgehead atoms. The lowest BCUT2D eigenvalue weighted by atomic mass is 10.2. The number of ether oxygens (including phenoxy) is 1. The molecule has 0 aromatic heterocycles. The number of hydrogen-bond donors (Lipinski definition) is 3. The highest BCUT2D eigenvalue weighted by Crippen LogP contribution is 2.26. The van der Waals surface area contributed by atoms with Gasteiger partial charge in [-0.15, -0.1) is 11.8 Å². The molecule has 0 spiro atoms. The van der Waals surface area contributed by atoms with Crippen molar-refractivity contribution in [1.82, 2.24) is 0 Å². The van der Waals surface area contributed by atoms with Crippen LogP contribution in [-0.4, -0.2) is 51.2 Å². The van der Waals surface area contributed by atoms with E-state index in [1.807, 2.05) is 6.92 Å². The molecule has 0 heterocycles. The molecule has 3 N–H and O–H groups in total.